The van der Waals surface area contributed by atoms with Crippen molar-refractivity contribution in [1.82, 2.24) is 20.1 Å². The third-order valence-corrected chi connectivity index (χ3v) is 2.88. The molecule has 2 rings (SSSR count). The Morgan fingerprint density at radius 1 is 1.47 bits per heavy atom. The maximum Gasteiger partial charge on any atom is 0.146 e. The first-order valence-electron chi connectivity index (χ1n) is 5.77. The summed E-state index contributed by atoms with van der Waals surface area (Å²) < 4.78 is 7.30. The summed E-state index contributed by atoms with van der Waals surface area (Å²) in [7, 11) is 1.98. The summed E-state index contributed by atoms with van der Waals surface area (Å²) in [6, 6.07) is 4.25. The summed E-state index contributed by atoms with van der Waals surface area (Å²) in [4.78, 5) is 0. The quantitative estimate of drug-likeness (QED) is 0.850. The van der Waals surface area contributed by atoms with Crippen LogP contribution in [0.2, 0.25) is 0 Å². The minimum atomic E-state index is 0.346. The molecule has 17 heavy (non-hydrogen) atoms. The van der Waals surface area contributed by atoms with Crippen molar-refractivity contribution < 1.29 is 4.42 Å². The Balaban J connectivity index is 1.84. The van der Waals surface area contributed by atoms with E-state index in [9.17, 15) is 0 Å². The molecule has 92 valence electrons. The first-order valence-corrected chi connectivity index (χ1v) is 5.77. The lowest BCUT2D eigenvalue weighted by atomic mass is 10.2. The average molecular weight is 234 g/mol. The Hall–Kier alpha value is -1.62. The number of furan rings is 1. The van der Waals surface area contributed by atoms with E-state index >= 15 is 0 Å². The monoisotopic (exact) mass is 234 g/mol. The Kier molecular flexibility index (Phi) is 3.58. The maximum absolute atomic E-state index is 5.31. The smallest absolute Gasteiger partial charge is 0.146 e. The van der Waals surface area contributed by atoms with Crippen LogP contribution in [0.4, 0.5) is 0 Å². The van der Waals surface area contributed by atoms with E-state index in [4.69, 9.17) is 4.42 Å². The van der Waals surface area contributed by atoms with Gasteiger partial charge in [-0.05, 0) is 26.0 Å². The molecule has 0 fully saturated rings. The van der Waals surface area contributed by atoms with Crippen molar-refractivity contribution in [3.63, 3.8) is 0 Å². The molecule has 0 aromatic carbocycles. The molecule has 0 aliphatic heterocycles. The Bertz CT molecular complexity index is 461. The van der Waals surface area contributed by atoms with E-state index in [2.05, 4.69) is 22.4 Å². The first kappa shape index (κ1) is 11.9. The molecule has 0 saturated heterocycles. The van der Waals surface area contributed by atoms with Gasteiger partial charge in [-0.3, -0.25) is 0 Å². The van der Waals surface area contributed by atoms with E-state index < -0.39 is 0 Å². The number of nitrogens with zero attached hydrogens (tertiary/aromatic N) is 3. The van der Waals surface area contributed by atoms with Gasteiger partial charge in [-0.2, -0.15) is 0 Å². The number of hydrogen-bond acceptors (Lipinski definition) is 4. The van der Waals surface area contributed by atoms with Crippen LogP contribution in [0.25, 0.3) is 0 Å². The topological polar surface area (TPSA) is 55.9 Å². The van der Waals surface area contributed by atoms with Crippen molar-refractivity contribution in [3.8, 4) is 0 Å². The second-order valence-corrected chi connectivity index (χ2v) is 4.29. The molecular weight excluding hydrogens is 216 g/mol. The fourth-order valence-electron chi connectivity index (χ4n) is 1.67. The zero-order valence-corrected chi connectivity index (χ0v) is 10.5. The van der Waals surface area contributed by atoms with Crippen LogP contribution in [-0.4, -0.2) is 20.8 Å². The molecular formula is C12H18N4O. The predicted molar refractivity (Wildman–Crippen MR) is 64.5 cm³/mol. The van der Waals surface area contributed by atoms with Crippen molar-refractivity contribution in [2.24, 2.45) is 7.05 Å². The highest BCUT2D eigenvalue weighted by Gasteiger charge is 2.08. The highest BCUT2D eigenvalue weighted by Crippen LogP contribution is 2.04. The normalized spacial score (nSPS) is 12.9. The Labute approximate surface area is 101 Å². The first-order chi connectivity index (χ1) is 8.16. The molecule has 2 aromatic heterocycles. The lowest BCUT2D eigenvalue weighted by molar-refractivity contribution is 0.451. The minimum absolute atomic E-state index is 0.346. The average Bonchev–Trinajstić information content (AvgIpc) is 2.90. The molecule has 0 spiro atoms. The molecule has 0 bridgehead atoms. The molecule has 1 atom stereocenters. The predicted octanol–water partition coefficient (Wildman–Crippen LogP) is 1.44. The number of hydrogen-bond donors (Lipinski definition) is 1. The summed E-state index contributed by atoms with van der Waals surface area (Å²) in [6.07, 6.45) is 2.58. The second kappa shape index (κ2) is 5.14. The SMILES string of the molecule is Cc1nnc(CNC(C)Cc2ccco2)n1C. The van der Waals surface area contributed by atoms with Gasteiger partial charge in [0.2, 0.25) is 0 Å². The molecule has 0 amide bonds. The zero-order valence-electron chi connectivity index (χ0n) is 10.5. The van der Waals surface area contributed by atoms with Gasteiger partial charge in [0.15, 0.2) is 0 Å². The lowest BCUT2D eigenvalue weighted by Crippen LogP contribution is -2.28. The molecule has 5 heteroatoms. The largest absolute Gasteiger partial charge is 0.469 e. The molecule has 0 saturated carbocycles. The van der Waals surface area contributed by atoms with E-state index in [-0.39, 0.29) is 0 Å². The zero-order chi connectivity index (χ0) is 12.3. The van der Waals surface area contributed by atoms with E-state index in [0.717, 1.165) is 30.4 Å². The summed E-state index contributed by atoms with van der Waals surface area (Å²) in [5.74, 6) is 2.88. The van der Waals surface area contributed by atoms with Gasteiger partial charge in [0.05, 0.1) is 12.8 Å². The summed E-state index contributed by atoms with van der Waals surface area (Å²) in [5, 5.41) is 11.5. The van der Waals surface area contributed by atoms with Crippen LogP contribution >= 0.6 is 0 Å². The number of aromatic nitrogens is 3. The molecule has 0 aliphatic rings. The van der Waals surface area contributed by atoms with Crippen LogP contribution in [0.15, 0.2) is 22.8 Å². The lowest BCUT2D eigenvalue weighted by Gasteiger charge is -2.11. The van der Waals surface area contributed by atoms with Gasteiger partial charge in [0, 0.05) is 19.5 Å². The van der Waals surface area contributed by atoms with Gasteiger partial charge in [-0.1, -0.05) is 0 Å². The van der Waals surface area contributed by atoms with Gasteiger partial charge in [-0.15, -0.1) is 10.2 Å². The summed E-state index contributed by atoms with van der Waals surface area (Å²) in [5.41, 5.74) is 0. The summed E-state index contributed by atoms with van der Waals surface area (Å²) >= 11 is 0. The number of nitrogens with one attached hydrogen (secondary N) is 1. The Morgan fingerprint density at radius 2 is 2.29 bits per heavy atom. The third-order valence-electron chi connectivity index (χ3n) is 2.88. The van der Waals surface area contributed by atoms with Gasteiger partial charge in [-0.25, -0.2) is 0 Å². The van der Waals surface area contributed by atoms with E-state index in [1.807, 2.05) is 30.7 Å². The van der Waals surface area contributed by atoms with Crippen molar-refractivity contribution in [3.05, 3.63) is 35.8 Å². The highest BCUT2D eigenvalue weighted by atomic mass is 16.3. The van der Waals surface area contributed by atoms with Crippen LogP contribution < -0.4 is 5.32 Å². The van der Waals surface area contributed by atoms with Crippen molar-refractivity contribution >= 4 is 0 Å². The molecule has 2 heterocycles. The third kappa shape index (κ3) is 2.94. The maximum atomic E-state index is 5.31. The van der Waals surface area contributed by atoms with Crippen molar-refractivity contribution in [1.29, 1.82) is 0 Å². The van der Waals surface area contributed by atoms with Crippen molar-refractivity contribution in [2.75, 3.05) is 0 Å². The minimum Gasteiger partial charge on any atom is -0.469 e. The molecule has 2 aromatic rings. The van der Waals surface area contributed by atoms with Gasteiger partial charge >= 0.3 is 0 Å². The highest BCUT2D eigenvalue weighted by molar-refractivity contribution is 5.00. The van der Waals surface area contributed by atoms with Crippen molar-refractivity contribution in [2.45, 2.75) is 32.9 Å². The van der Waals surface area contributed by atoms with Crippen LogP contribution in [0.3, 0.4) is 0 Å². The Morgan fingerprint density at radius 3 is 2.88 bits per heavy atom. The fraction of sp³-hybridized carbons (Fsp3) is 0.500. The van der Waals surface area contributed by atoms with E-state index in [0.29, 0.717) is 6.04 Å². The second-order valence-electron chi connectivity index (χ2n) is 4.29. The van der Waals surface area contributed by atoms with Crippen LogP contribution in [0.5, 0.6) is 0 Å². The van der Waals surface area contributed by atoms with Crippen LogP contribution in [0.1, 0.15) is 24.3 Å². The number of aryl methyl sites for hydroxylation is 1. The fourth-order valence-corrected chi connectivity index (χ4v) is 1.67. The van der Waals surface area contributed by atoms with Crippen LogP contribution in [0, 0.1) is 6.92 Å². The van der Waals surface area contributed by atoms with E-state index in [1.54, 1.807) is 6.26 Å². The standard InChI is InChI=1S/C12H18N4O/c1-9(7-11-5-4-6-17-11)13-8-12-15-14-10(2)16(12)3/h4-6,9,13H,7-8H2,1-3H3. The van der Waals surface area contributed by atoms with Crippen LogP contribution in [-0.2, 0) is 20.0 Å². The number of rotatable bonds is 5. The van der Waals surface area contributed by atoms with E-state index in [1.165, 1.54) is 0 Å². The van der Waals surface area contributed by atoms with Gasteiger partial charge in [0.1, 0.15) is 17.4 Å². The molecule has 5 nitrogen and oxygen atoms in total. The summed E-state index contributed by atoms with van der Waals surface area (Å²) in [6.45, 7) is 4.80. The molecule has 1 unspecified atom stereocenters. The molecule has 1 N–H and O–H groups in total. The van der Waals surface area contributed by atoms with Gasteiger partial charge in [0.25, 0.3) is 0 Å². The molecule has 0 aliphatic carbocycles. The van der Waals surface area contributed by atoms with Gasteiger partial charge < -0.3 is 14.3 Å². The molecule has 0 radical (unpaired) electrons.